The highest BCUT2D eigenvalue weighted by Gasteiger charge is 2.24. The van der Waals surface area contributed by atoms with Crippen LogP contribution in [0, 0.1) is 11.6 Å². The van der Waals surface area contributed by atoms with Gasteiger partial charge >= 0.3 is 0 Å². The van der Waals surface area contributed by atoms with Crippen LogP contribution in [0.2, 0.25) is 5.02 Å². The lowest BCUT2D eigenvalue weighted by atomic mass is 10.3. The number of sulfonamides is 1. The lowest BCUT2D eigenvalue weighted by molar-refractivity contribution is 0.504. The van der Waals surface area contributed by atoms with Crippen LogP contribution in [-0.4, -0.2) is 15.5 Å². The summed E-state index contributed by atoms with van der Waals surface area (Å²) in [5, 5.41) is 0.298. The number of benzene rings is 2. The molecule has 0 bridgehead atoms. The Bertz CT molecular complexity index is 797. The molecule has 2 aromatic carbocycles. The standard InChI is InChI=1S/C13H11ClF2N2O2S/c1-18(13-6-8(14)2-5-12(13)17)21(19,20)9-3-4-10(15)11(16)7-9/h2-7H,17H2,1H3. The number of anilines is 2. The summed E-state index contributed by atoms with van der Waals surface area (Å²) < 4.78 is 51.8. The monoisotopic (exact) mass is 332 g/mol. The summed E-state index contributed by atoms with van der Waals surface area (Å²) in [6.07, 6.45) is 0. The molecule has 0 atom stereocenters. The molecular formula is C13H11ClF2N2O2S. The van der Waals surface area contributed by atoms with E-state index in [1.807, 2.05) is 0 Å². The molecule has 2 aromatic rings. The number of nitrogens with two attached hydrogens (primary N) is 1. The van der Waals surface area contributed by atoms with Gasteiger partial charge in [0.05, 0.1) is 16.3 Å². The highest BCUT2D eigenvalue weighted by Crippen LogP contribution is 2.30. The maximum absolute atomic E-state index is 13.2. The van der Waals surface area contributed by atoms with E-state index in [4.69, 9.17) is 17.3 Å². The summed E-state index contributed by atoms with van der Waals surface area (Å²) in [5.41, 5.74) is 6.05. The quantitative estimate of drug-likeness (QED) is 0.879. The highest BCUT2D eigenvalue weighted by atomic mass is 35.5. The smallest absolute Gasteiger partial charge is 0.264 e. The van der Waals surface area contributed by atoms with Gasteiger partial charge in [-0.3, -0.25) is 4.31 Å². The molecular weight excluding hydrogens is 322 g/mol. The van der Waals surface area contributed by atoms with Crippen LogP contribution in [0.15, 0.2) is 41.3 Å². The van der Waals surface area contributed by atoms with E-state index in [9.17, 15) is 17.2 Å². The summed E-state index contributed by atoms with van der Waals surface area (Å²) in [5.74, 6) is -2.37. The van der Waals surface area contributed by atoms with Crippen LogP contribution < -0.4 is 10.0 Å². The predicted molar refractivity (Wildman–Crippen MR) is 77.8 cm³/mol. The molecule has 0 aliphatic heterocycles. The molecule has 0 aliphatic rings. The van der Waals surface area contributed by atoms with Gasteiger partial charge in [0, 0.05) is 12.1 Å². The van der Waals surface area contributed by atoms with Crippen molar-refractivity contribution in [3.05, 3.63) is 53.1 Å². The first kappa shape index (κ1) is 15.5. The van der Waals surface area contributed by atoms with Gasteiger partial charge < -0.3 is 5.73 Å². The Kier molecular flexibility index (Phi) is 4.06. The maximum atomic E-state index is 13.2. The first-order valence-electron chi connectivity index (χ1n) is 5.72. The molecule has 2 rings (SSSR count). The number of rotatable bonds is 3. The molecule has 0 aromatic heterocycles. The SMILES string of the molecule is CN(c1cc(Cl)ccc1N)S(=O)(=O)c1ccc(F)c(F)c1. The topological polar surface area (TPSA) is 63.4 Å². The van der Waals surface area contributed by atoms with Crippen LogP contribution in [0.5, 0.6) is 0 Å². The van der Waals surface area contributed by atoms with E-state index < -0.39 is 21.7 Å². The van der Waals surface area contributed by atoms with E-state index in [2.05, 4.69) is 0 Å². The fourth-order valence-electron chi connectivity index (χ4n) is 1.71. The van der Waals surface area contributed by atoms with Gasteiger partial charge in [0.25, 0.3) is 10.0 Å². The molecule has 0 heterocycles. The number of hydrogen-bond donors (Lipinski definition) is 1. The van der Waals surface area contributed by atoms with E-state index in [0.717, 1.165) is 16.4 Å². The molecule has 112 valence electrons. The molecule has 0 radical (unpaired) electrons. The zero-order valence-corrected chi connectivity index (χ0v) is 12.4. The van der Waals surface area contributed by atoms with Crippen molar-refractivity contribution in [2.24, 2.45) is 0 Å². The molecule has 8 heteroatoms. The summed E-state index contributed by atoms with van der Waals surface area (Å²) in [7, 11) is -2.83. The Morgan fingerprint density at radius 3 is 2.38 bits per heavy atom. The highest BCUT2D eigenvalue weighted by molar-refractivity contribution is 7.92. The minimum absolute atomic E-state index is 0.146. The Labute approximate surface area is 125 Å². The molecule has 2 N–H and O–H groups in total. The van der Waals surface area contributed by atoms with Gasteiger partial charge in [0.1, 0.15) is 0 Å². The number of nitrogen functional groups attached to an aromatic ring is 1. The van der Waals surface area contributed by atoms with Crippen molar-refractivity contribution in [3.8, 4) is 0 Å². The van der Waals surface area contributed by atoms with Crippen molar-refractivity contribution in [2.45, 2.75) is 4.90 Å². The predicted octanol–water partition coefficient (Wildman–Crippen LogP) is 3.03. The van der Waals surface area contributed by atoms with Gasteiger partial charge in [0.2, 0.25) is 0 Å². The lowest BCUT2D eigenvalue weighted by Gasteiger charge is -2.21. The third kappa shape index (κ3) is 2.93. The second kappa shape index (κ2) is 5.50. The minimum Gasteiger partial charge on any atom is -0.397 e. The van der Waals surface area contributed by atoms with Crippen molar-refractivity contribution < 1.29 is 17.2 Å². The molecule has 0 unspecified atom stereocenters. The molecule has 21 heavy (non-hydrogen) atoms. The largest absolute Gasteiger partial charge is 0.397 e. The van der Waals surface area contributed by atoms with Crippen LogP contribution in [-0.2, 0) is 10.0 Å². The van der Waals surface area contributed by atoms with Crippen LogP contribution in [0.25, 0.3) is 0 Å². The molecule has 0 saturated heterocycles. The summed E-state index contributed by atoms with van der Waals surface area (Å²) in [6, 6.07) is 6.67. The zero-order chi connectivity index (χ0) is 15.8. The van der Waals surface area contributed by atoms with Crippen molar-refractivity contribution >= 4 is 33.0 Å². The van der Waals surface area contributed by atoms with E-state index in [-0.39, 0.29) is 16.3 Å². The van der Waals surface area contributed by atoms with Gasteiger partial charge in [-0.05, 0) is 36.4 Å². The van der Waals surface area contributed by atoms with Gasteiger partial charge in [-0.1, -0.05) is 11.6 Å². The van der Waals surface area contributed by atoms with E-state index >= 15 is 0 Å². The van der Waals surface area contributed by atoms with E-state index in [0.29, 0.717) is 11.1 Å². The second-order valence-corrected chi connectivity index (χ2v) is 6.66. The van der Waals surface area contributed by atoms with Gasteiger partial charge in [0.15, 0.2) is 11.6 Å². The van der Waals surface area contributed by atoms with Crippen LogP contribution in [0.4, 0.5) is 20.2 Å². The Balaban J connectivity index is 2.52. The number of nitrogens with zero attached hydrogens (tertiary/aromatic N) is 1. The Hall–Kier alpha value is -1.86. The zero-order valence-electron chi connectivity index (χ0n) is 10.8. The van der Waals surface area contributed by atoms with Crippen LogP contribution in [0.3, 0.4) is 0 Å². The van der Waals surface area contributed by atoms with Gasteiger partial charge in [-0.25, -0.2) is 17.2 Å². The molecule has 0 aliphatic carbocycles. The Morgan fingerprint density at radius 1 is 1.10 bits per heavy atom. The van der Waals surface area contributed by atoms with Crippen molar-refractivity contribution in [1.82, 2.24) is 0 Å². The third-order valence-electron chi connectivity index (χ3n) is 2.88. The fraction of sp³-hybridized carbons (Fsp3) is 0.0769. The van der Waals surface area contributed by atoms with Crippen LogP contribution >= 0.6 is 11.6 Å². The summed E-state index contributed by atoms with van der Waals surface area (Å²) in [6.45, 7) is 0. The van der Waals surface area contributed by atoms with Crippen molar-refractivity contribution in [1.29, 1.82) is 0 Å². The van der Waals surface area contributed by atoms with Crippen molar-refractivity contribution in [2.75, 3.05) is 17.1 Å². The van der Waals surface area contributed by atoms with Crippen molar-refractivity contribution in [3.63, 3.8) is 0 Å². The average molecular weight is 333 g/mol. The van der Waals surface area contributed by atoms with Gasteiger partial charge in [-0.15, -0.1) is 0 Å². The molecule has 0 spiro atoms. The molecule has 0 saturated carbocycles. The minimum atomic E-state index is -4.08. The van der Waals surface area contributed by atoms with Gasteiger partial charge in [-0.2, -0.15) is 0 Å². The maximum Gasteiger partial charge on any atom is 0.264 e. The second-order valence-electron chi connectivity index (χ2n) is 4.25. The molecule has 0 fully saturated rings. The third-order valence-corrected chi connectivity index (χ3v) is 4.88. The average Bonchev–Trinajstić information content (AvgIpc) is 2.43. The first-order valence-corrected chi connectivity index (χ1v) is 7.54. The molecule has 4 nitrogen and oxygen atoms in total. The normalized spacial score (nSPS) is 11.4. The van der Waals surface area contributed by atoms with Crippen LogP contribution in [0.1, 0.15) is 0 Å². The number of hydrogen-bond acceptors (Lipinski definition) is 3. The Morgan fingerprint density at radius 2 is 1.76 bits per heavy atom. The summed E-state index contributed by atoms with van der Waals surface area (Å²) >= 11 is 5.82. The fourth-order valence-corrected chi connectivity index (χ4v) is 3.11. The van der Waals surface area contributed by atoms with E-state index in [1.54, 1.807) is 0 Å². The number of halogens is 3. The summed E-state index contributed by atoms with van der Waals surface area (Å²) in [4.78, 5) is -0.386. The van der Waals surface area contributed by atoms with E-state index in [1.165, 1.54) is 25.2 Å². The first-order chi connectivity index (χ1) is 9.73. The lowest BCUT2D eigenvalue weighted by Crippen LogP contribution is -2.27. The molecule has 0 amide bonds.